The van der Waals surface area contributed by atoms with Crippen molar-refractivity contribution in [1.82, 2.24) is 19.9 Å². The normalized spacial score (nSPS) is 11.0. The van der Waals surface area contributed by atoms with E-state index in [0.29, 0.717) is 23.5 Å². The first-order chi connectivity index (χ1) is 11.7. The lowest BCUT2D eigenvalue weighted by molar-refractivity contribution is 0.384. The third-order valence-corrected chi connectivity index (χ3v) is 3.85. The molecule has 6 heteroatoms. The zero-order chi connectivity index (χ0) is 16.5. The molecule has 0 bridgehead atoms. The standard InChI is InChI=1S/C18H14N4O2/c1-22-18(23)14-10-6-5-9-13(14)15(20-22)11-16-19-17(21-24-16)12-7-3-2-4-8-12/h2-10H,11H2,1H3. The van der Waals surface area contributed by atoms with Gasteiger partial charge in [-0.25, -0.2) is 4.68 Å². The fourth-order valence-electron chi connectivity index (χ4n) is 2.68. The van der Waals surface area contributed by atoms with Crippen LogP contribution in [0.4, 0.5) is 0 Å². The molecule has 4 aromatic rings. The van der Waals surface area contributed by atoms with Gasteiger partial charge >= 0.3 is 0 Å². The van der Waals surface area contributed by atoms with E-state index in [9.17, 15) is 4.79 Å². The second-order valence-electron chi connectivity index (χ2n) is 5.48. The van der Waals surface area contributed by atoms with Crippen molar-refractivity contribution < 1.29 is 4.52 Å². The number of benzene rings is 2. The first-order valence-corrected chi connectivity index (χ1v) is 7.55. The quantitative estimate of drug-likeness (QED) is 0.580. The summed E-state index contributed by atoms with van der Waals surface area (Å²) in [6.07, 6.45) is 0.370. The second kappa shape index (κ2) is 5.73. The lowest BCUT2D eigenvalue weighted by atomic mass is 10.1. The highest BCUT2D eigenvalue weighted by Crippen LogP contribution is 2.19. The molecule has 0 unspecified atom stereocenters. The van der Waals surface area contributed by atoms with Gasteiger partial charge in [-0.1, -0.05) is 53.7 Å². The predicted octanol–water partition coefficient (Wildman–Crippen LogP) is 2.57. The Hall–Kier alpha value is -3.28. The molecule has 2 aromatic heterocycles. The Morgan fingerprint density at radius 2 is 1.71 bits per heavy atom. The molecule has 6 nitrogen and oxygen atoms in total. The maximum absolute atomic E-state index is 12.2. The highest BCUT2D eigenvalue weighted by Gasteiger charge is 2.14. The third-order valence-electron chi connectivity index (χ3n) is 3.85. The molecule has 0 saturated carbocycles. The maximum Gasteiger partial charge on any atom is 0.274 e. The number of aromatic nitrogens is 4. The van der Waals surface area contributed by atoms with Gasteiger partial charge in [0.05, 0.1) is 17.5 Å². The minimum absolute atomic E-state index is 0.121. The average molecular weight is 318 g/mol. The van der Waals surface area contributed by atoms with E-state index >= 15 is 0 Å². The zero-order valence-corrected chi connectivity index (χ0v) is 13.0. The molecule has 0 fully saturated rings. The summed E-state index contributed by atoms with van der Waals surface area (Å²) in [6, 6.07) is 17.0. The summed E-state index contributed by atoms with van der Waals surface area (Å²) in [4.78, 5) is 16.6. The minimum Gasteiger partial charge on any atom is -0.339 e. The lowest BCUT2D eigenvalue weighted by Gasteiger charge is -2.05. The van der Waals surface area contributed by atoms with Crippen molar-refractivity contribution in [3.63, 3.8) is 0 Å². The molecular weight excluding hydrogens is 304 g/mol. The Balaban J connectivity index is 1.74. The number of aryl methyl sites for hydroxylation is 1. The van der Waals surface area contributed by atoms with E-state index in [1.54, 1.807) is 13.1 Å². The Kier molecular flexibility index (Phi) is 3.42. The van der Waals surface area contributed by atoms with Crippen LogP contribution in [0.3, 0.4) is 0 Å². The molecule has 2 heterocycles. The van der Waals surface area contributed by atoms with Crippen molar-refractivity contribution >= 4 is 10.8 Å². The zero-order valence-electron chi connectivity index (χ0n) is 13.0. The largest absolute Gasteiger partial charge is 0.339 e. The Morgan fingerprint density at radius 1 is 1.00 bits per heavy atom. The van der Waals surface area contributed by atoms with E-state index in [1.807, 2.05) is 48.5 Å². The first-order valence-electron chi connectivity index (χ1n) is 7.55. The number of fused-ring (bicyclic) bond motifs is 1. The van der Waals surface area contributed by atoms with Gasteiger partial charge in [-0.15, -0.1) is 0 Å². The monoisotopic (exact) mass is 318 g/mol. The van der Waals surface area contributed by atoms with E-state index in [2.05, 4.69) is 15.2 Å². The molecule has 4 rings (SSSR count). The van der Waals surface area contributed by atoms with E-state index in [4.69, 9.17) is 4.52 Å². The second-order valence-corrected chi connectivity index (χ2v) is 5.48. The van der Waals surface area contributed by atoms with Gasteiger partial charge in [0.25, 0.3) is 5.56 Å². The summed E-state index contributed by atoms with van der Waals surface area (Å²) in [5.74, 6) is 1.00. The summed E-state index contributed by atoms with van der Waals surface area (Å²) in [5.41, 5.74) is 1.51. The van der Waals surface area contributed by atoms with Crippen LogP contribution >= 0.6 is 0 Å². The number of hydrogen-bond acceptors (Lipinski definition) is 5. The van der Waals surface area contributed by atoms with Gasteiger partial charge in [0.15, 0.2) is 0 Å². The molecule has 0 aliphatic heterocycles. The molecule has 0 saturated heterocycles. The van der Waals surface area contributed by atoms with Gasteiger partial charge < -0.3 is 4.52 Å². The van der Waals surface area contributed by atoms with E-state index in [0.717, 1.165) is 16.6 Å². The van der Waals surface area contributed by atoms with Gasteiger partial charge in [0.1, 0.15) is 0 Å². The van der Waals surface area contributed by atoms with Gasteiger partial charge in [-0.3, -0.25) is 4.79 Å². The van der Waals surface area contributed by atoms with Crippen molar-refractivity contribution in [2.24, 2.45) is 7.05 Å². The minimum atomic E-state index is -0.121. The van der Waals surface area contributed by atoms with Crippen LogP contribution < -0.4 is 5.56 Å². The van der Waals surface area contributed by atoms with Crippen molar-refractivity contribution in [3.05, 3.63) is 76.5 Å². The molecule has 0 radical (unpaired) electrons. The smallest absolute Gasteiger partial charge is 0.274 e. The SMILES string of the molecule is Cn1nc(Cc2nc(-c3ccccc3)no2)c2ccccc2c1=O. The van der Waals surface area contributed by atoms with Crippen LogP contribution in [0.1, 0.15) is 11.6 Å². The summed E-state index contributed by atoms with van der Waals surface area (Å²) in [7, 11) is 1.64. The summed E-state index contributed by atoms with van der Waals surface area (Å²) < 4.78 is 6.69. The highest BCUT2D eigenvalue weighted by atomic mass is 16.5. The van der Waals surface area contributed by atoms with Crippen molar-refractivity contribution in [1.29, 1.82) is 0 Å². The number of rotatable bonds is 3. The maximum atomic E-state index is 12.2. The van der Waals surface area contributed by atoms with Crippen LogP contribution in [-0.2, 0) is 13.5 Å². The van der Waals surface area contributed by atoms with Crippen LogP contribution in [0, 0.1) is 0 Å². The van der Waals surface area contributed by atoms with Gasteiger partial charge in [-0.2, -0.15) is 10.1 Å². The van der Waals surface area contributed by atoms with Gasteiger partial charge in [0, 0.05) is 18.0 Å². The van der Waals surface area contributed by atoms with E-state index in [1.165, 1.54) is 4.68 Å². The molecule has 24 heavy (non-hydrogen) atoms. The third kappa shape index (κ3) is 2.48. The van der Waals surface area contributed by atoms with Crippen molar-refractivity contribution in [3.8, 4) is 11.4 Å². The predicted molar refractivity (Wildman–Crippen MR) is 89.5 cm³/mol. The van der Waals surface area contributed by atoms with Crippen molar-refractivity contribution in [2.45, 2.75) is 6.42 Å². The van der Waals surface area contributed by atoms with Crippen LogP contribution in [-0.4, -0.2) is 19.9 Å². The Morgan fingerprint density at radius 3 is 2.50 bits per heavy atom. The topological polar surface area (TPSA) is 73.8 Å². The molecule has 118 valence electrons. The number of nitrogens with zero attached hydrogens (tertiary/aromatic N) is 4. The van der Waals surface area contributed by atoms with Gasteiger partial charge in [0.2, 0.25) is 11.7 Å². The molecule has 0 aliphatic rings. The molecule has 2 aromatic carbocycles. The van der Waals surface area contributed by atoms with Crippen molar-refractivity contribution in [2.75, 3.05) is 0 Å². The average Bonchev–Trinajstić information content (AvgIpc) is 3.09. The van der Waals surface area contributed by atoms with Crippen LogP contribution in [0.15, 0.2) is 63.9 Å². The Bertz CT molecular complexity index is 1070. The molecule has 0 amide bonds. The van der Waals surface area contributed by atoms with Crippen LogP contribution in [0.2, 0.25) is 0 Å². The Labute approximate surface area is 137 Å². The van der Waals surface area contributed by atoms with E-state index < -0.39 is 0 Å². The molecular formula is C18H14N4O2. The summed E-state index contributed by atoms with van der Waals surface area (Å²) in [6.45, 7) is 0. The highest BCUT2D eigenvalue weighted by molar-refractivity contribution is 5.83. The fraction of sp³-hybridized carbons (Fsp3) is 0.111. The first kappa shape index (κ1) is 14.3. The molecule has 0 atom stereocenters. The summed E-state index contributed by atoms with van der Waals surface area (Å²) >= 11 is 0. The molecule has 0 spiro atoms. The molecule has 0 aliphatic carbocycles. The van der Waals surface area contributed by atoms with Gasteiger partial charge in [-0.05, 0) is 6.07 Å². The fourth-order valence-corrected chi connectivity index (χ4v) is 2.68. The lowest BCUT2D eigenvalue weighted by Crippen LogP contribution is -2.21. The number of hydrogen-bond donors (Lipinski definition) is 0. The van der Waals surface area contributed by atoms with Crippen LogP contribution in [0.5, 0.6) is 0 Å². The van der Waals surface area contributed by atoms with Crippen LogP contribution in [0.25, 0.3) is 22.2 Å². The van der Waals surface area contributed by atoms with E-state index in [-0.39, 0.29) is 5.56 Å². The molecule has 0 N–H and O–H groups in total. The summed E-state index contributed by atoms with van der Waals surface area (Å²) in [5, 5.41) is 9.81.